The van der Waals surface area contributed by atoms with Crippen molar-refractivity contribution in [1.82, 2.24) is 0 Å². The zero-order valence-electron chi connectivity index (χ0n) is 23.5. The molecule has 0 radical (unpaired) electrons. The van der Waals surface area contributed by atoms with Gasteiger partial charge in [0.1, 0.15) is 0 Å². The molecule has 0 saturated heterocycles. The van der Waals surface area contributed by atoms with E-state index in [4.69, 9.17) is 0 Å². The highest BCUT2D eigenvalue weighted by Crippen LogP contribution is 2.49. The van der Waals surface area contributed by atoms with Crippen LogP contribution in [0.3, 0.4) is 0 Å². The van der Waals surface area contributed by atoms with Crippen LogP contribution in [0.25, 0.3) is 22.4 Å². The van der Waals surface area contributed by atoms with Crippen molar-refractivity contribution in [2.75, 3.05) is 0 Å². The third-order valence-electron chi connectivity index (χ3n) is 8.72. The van der Waals surface area contributed by atoms with Gasteiger partial charge in [0.15, 0.2) is 0 Å². The van der Waals surface area contributed by atoms with Gasteiger partial charge in [-0.3, -0.25) is 4.99 Å². The molecule has 3 heteroatoms. The number of aliphatic hydroxyl groups is 1. The maximum Gasteiger partial charge on any atom is 0.0682 e. The summed E-state index contributed by atoms with van der Waals surface area (Å²) in [7, 11) is 0. The average molecular weight is 564 g/mol. The summed E-state index contributed by atoms with van der Waals surface area (Å²) < 4.78 is 0. The Morgan fingerprint density at radius 3 is 2.40 bits per heavy atom. The Hall–Kier alpha value is -4.31. The molecule has 8 rings (SSSR count). The monoisotopic (exact) mass is 563 g/mol. The van der Waals surface area contributed by atoms with Gasteiger partial charge in [0.2, 0.25) is 0 Å². The first-order valence-electron chi connectivity index (χ1n) is 14.7. The van der Waals surface area contributed by atoms with Crippen LogP contribution in [0.2, 0.25) is 0 Å². The lowest BCUT2D eigenvalue weighted by atomic mass is 9.69. The van der Waals surface area contributed by atoms with Gasteiger partial charge in [-0.1, -0.05) is 103 Å². The maximum atomic E-state index is 9.74. The van der Waals surface area contributed by atoms with Gasteiger partial charge in [-0.05, 0) is 86.2 Å². The molecule has 3 aliphatic rings. The molecule has 0 bridgehead atoms. The minimum absolute atomic E-state index is 0.0777. The molecule has 206 valence electrons. The first kappa shape index (κ1) is 26.6. The first-order chi connectivity index (χ1) is 20.8. The Balaban J connectivity index is 0.000000243. The summed E-state index contributed by atoms with van der Waals surface area (Å²) >= 11 is 1.77. The lowest BCUT2D eigenvalue weighted by molar-refractivity contribution is 0.282. The van der Waals surface area contributed by atoms with E-state index in [-0.39, 0.29) is 6.61 Å². The Morgan fingerprint density at radius 2 is 1.60 bits per heavy atom. The highest BCUT2D eigenvalue weighted by atomic mass is 32.1. The van der Waals surface area contributed by atoms with Gasteiger partial charge in [0.05, 0.1) is 6.61 Å². The average Bonchev–Trinajstić information content (AvgIpc) is 3.39. The second-order valence-electron chi connectivity index (χ2n) is 11.2. The predicted molar refractivity (Wildman–Crippen MR) is 178 cm³/mol. The van der Waals surface area contributed by atoms with E-state index in [1.807, 2.05) is 18.5 Å². The number of aliphatic hydroxyl groups excluding tert-OH is 1. The number of hydrogen-bond donors (Lipinski definition) is 1. The second kappa shape index (κ2) is 11.9. The molecule has 2 unspecified atom stereocenters. The zero-order chi connectivity index (χ0) is 28.3. The number of rotatable bonds is 3. The van der Waals surface area contributed by atoms with Crippen molar-refractivity contribution < 1.29 is 5.11 Å². The van der Waals surface area contributed by atoms with Crippen LogP contribution < -0.4 is 0 Å². The van der Waals surface area contributed by atoms with E-state index in [1.165, 1.54) is 49.0 Å². The molecule has 42 heavy (non-hydrogen) atoms. The van der Waals surface area contributed by atoms with Crippen molar-refractivity contribution in [2.24, 2.45) is 4.99 Å². The van der Waals surface area contributed by atoms with Crippen LogP contribution >= 0.6 is 11.3 Å². The summed E-state index contributed by atoms with van der Waals surface area (Å²) in [6.07, 6.45) is 13.6. The first-order valence-corrected chi connectivity index (χ1v) is 15.6. The summed E-state index contributed by atoms with van der Waals surface area (Å²) in [5.41, 5.74) is 10.9. The number of nitrogens with zero attached hydrogens (tertiary/aromatic N) is 1. The SMILES string of the molecule is C1=Cc2sccc2CC=N1.OCc1ccc2ccc3c(c2c1)CC(c1ccccc1)C1=C3C=CC(c2ccccc2)C1. The number of aliphatic imine (C=N–C) groups is 1. The fourth-order valence-electron chi connectivity index (χ4n) is 6.57. The van der Waals surface area contributed by atoms with Crippen LogP contribution in [-0.4, -0.2) is 11.3 Å². The molecule has 1 N–H and O–H groups in total. The Morgan fingerprint density at radius 1 is 0.810 bits per heavy atom. The standard InChI is InChI=1S/C31H26O.C8H7NS/c32-20-21-11-12-24-13-15-27-26-16-14-25(22-7-3-1-4-8-22)18-30(26)29(19-31(27)28(24)17-21)23-9-5-2-6-10-23;1-4-9-5-2-8-7(1)3-6-10-8/h1-17,25,29,32H,18-20H2;2-6H,1H2. The Bertz CT molecular complexity index is 1840. The van der Waals surface area contributed by atoms with Crippen molar-refractivity contribution in [3.05, 3.63) is 165 Å². The maximum absolute atomic E-state index is 9.74. The van der Waals surface area contributed by atoms with Crippen molar-refractivity contribution in [1.29, 1.82) is 0 Å². The Labute approximate surface area is 251 Å². The molecule has 1 aliphatic heterocycles. The highest BCUT2D eigenvalue weighted by Gasteiger charge is 2.32. The largest absolute Gasteiger partial charge is 0.392 e. The fourth-order valence-corrected chi connectivity index (χ4v) is 7.39. The molecular formula is C39H33NOS. The lowest BCUT2D eigenvalue weighted by Gasteiger charge is -2.35. The second-order valence-corrected chi connectivity index (χ2v) is 12.1. The van der Waals surface area contributed by atoms with Crippen LogP contribution in [0.15, 0.2) is 131 Å². The van der Waals surface area contributed by atoms with Gasteiger partial charge in [0.25, 0.3) is 0 Å². The number of fused-ring (bicyclic) bond motifs is 5. The number of allylic oxidation sites excluding steroid dienone is 4. The smallest absolute Gasteiger partial charge is 0.0682 e. The van der Waals surface area contributed by atoms with Gasteiger partial charge in [-0.2, -0.15) is 0 Å². The van der Waals surface area contributed by atoms with Gasteiger partial charge >= 0.3 is 0 Å². The molecule has 0 amide bonds. The van der Waals surface area contributed by atoms with Crippen LogP contribution in [0.5, 0.6) is 0 Å². The topological polar surface area (TPSA) is 32.6 Å². The van der Waals surface area contributed by atoms with Gasteiger partial charge in [-0.25, -0.2) is 0 Å². The van der Waals surface area contributed by atoms with E-state index >= 15 is 0 Å². The summed E-state index contributed by atoms with van der Waals surface area (Å²) in [4.78, 5) is 5.40. The number of benzene rings is 4. The van der Waals surface area contributed by atoms with Crippen molar-refractivity contribution in [3.8, 4) is 0 Å². The van der Waals surface area contributed by atoms with Crippen molar-refractivity contribution in [3.63, 3.8) is 0 Å². The fraction of sp³-hybridized carbons (Fsp3) is 0.154. The van der Waals surface area contributed by atoms with E-state index < -0.39 is 0 Å². The lowest BCUT2D eigenvalue weighted by Crippen LogP contribution is -2.19. The number of hydrogen-bond acceptors (Lipinski definition) is 3. The molecule has 2 nitrogen and oxygen atoms in total. The molecule has 4 aromatic carbocycles. The molecule has 0 spiro atoms. The van der Waals surface area contributed by atoms with Crippen LogP contribution in [0.1, 0.15) is 56.5 Å². The van der Waals surface area contributed by atoms with E-state index in [0.717, 1.165) is 24.8 Å². The van der Waals surface area contributed by atoms with E-state index in [2.05, 4.69) is 120 Å². The molecule has 0 saturated carbocycles. The van der Waals surface area contributed by atoms with Gasteiger partial charge in [0, 0.05) is 35.5 Å². The minimum atomic E-state index is 0.0777. The summed E-state index contributed by atoms with van der Waals surface area (Å²) in [6, 6.07) is 34.9. The van der Waals surface area contributed by atoms with Gasteiger partial charge < -0.3 is 5.11 Å². The van der Waals surface area contributed by atoms with E-state index in [0.29, 0.717) is 11.8 Å². The predicted octanol–water partition coefficient (Wildman–Crippen LogP) is 9.51. The molecule has 1 aromatic heterocycles. The molecular weight excluding hydrogens is 531 g/mol. The molecule has 2 atom stereocenters. The third kappa shape index (κ3) is 5.22. The van der Waals surface area contributed by atoms with E-state index in [1.54, 1.807) is 16.9 Å². The highest BCUT2D eigenvalue weighted by molar-refractivity contribution is 7.11. The molecule has 2 aliphatic carbocycles. The summed E-state index contributed by atoms with van der Waals surface area (Å²) in [6.45, 7) is 0.0777. The molecule has 5 aromatic rings. The van der Waals surface area contributed by atoms with Gasteiger partial charge in [-0.15, -0.1) is 11.3 Å². The normalized spacial score (nSPS) is 18.5. The molecule has 2 heterocycles. The van der Waals surface area contributed by atoms with Crippen molar-refractivity contribution in [2.45, 2.75) is 37.7 Å². The quantitative estimate of drug-likeness (QED) is 0.233. The third-order valence-corrected chi connectivity index (χ3v) is 9.64. The molecule has 0 fully saturated rings. The minimum Gasteiger partial charge on any atom is -0.392 e. The zero-order valence-corrected chi connectivity index (χ0v) is 24.3. The summed E-state index contributed by atoms with van der Waals surface area (Å²) in [5, 5.41) is 14.4. The van der Waals surface area contributed by atoms with E-state index in [9.17, 15) is 5.11 Å². The number of thiophene rings is 1. The van der Waals surface area contributed by atoms with Crippen LogP contribution in [0, 0.1) is 0 Å². The van der Waals surface area contributed by atoms with Crippen molar-refractivity contribution >= 4 is 40.0 Å². The summed E-state index contributed by atoms with van der Waals surface area (Å²) in [5.74, 6) is 0.794. The van der Waals surface area contributed by atoms with Crippen LogP contribution in [0.4, 0.5) is 0 Å². The van der Waals surface area contributed by atoms with Crippen LogP contribution in [-0.2, 0) is 19.4 Å². The Kier molecular flexibility index (Phi) is 7.53.